The summed E-state index contributed by atoms with van der Waals surface area (Å²) in [5, 5.41) is 9.35. The standard InChI is InChI=1S/C15H18N2O4S/c1-2-5-15(17(19)11-18)22(20,21)10-12-8-13-6-3-4-7-14(13)16-9-12/h3-4,6-9,11,15,19H,2,5,10H2,1H3. The molecule has 1 N–H and O–H groups in total. The summed E-state index contributed by atoms with van der Waals surface area (Å²) in [4.78, 5) is 14.9. The van der Waals surface area contributed by atoms with Crippen LogP contribution < -0.4 is 0 Å². The molecule has 0 aliphatic carbocycles. The van der Waals surface area contributed by atoms with E-state index in [1.807, 2.05) is 24.3 Å². The number of para-hydroxylation sites is 1. The van der Waals surface area contributed by atoms with Crippen LogP contribution in [0.4, 0.5) is 0 Å². The molecule has 118 valence electrons. The highest BCUT2D eigenvalue weighted by Crippen LogP contribution is 2.19. The number of hydroxylamine groups is 2. The number of rotatable bonds is 7. The molecule has 1 amide bonds. The smallest absolute Gasteiger partial charge is 0.234 e. The van der Waals surface area contributed by atoms with E-state index in [2.05, 4.69) is 4.98 Å². The van der Waals surface area contributed by atoms with E-state index >= 15 is 0 Å². The van der Waals surface area contributed by atoms with Crippen LogP contribution >= 0.6 is 0 Å². The van der Waals surface area contributed by atoms with Crippen molar-refractivity contribution in [3.05, 3.63) is 42.1 Å². The van der Waals surface area contributed by atoms with Gasteiger partial charge >= 0.3 is 0 Å². The van der Waals surface area contributed by atoms with Crippen molar-refractivity contribution in [3.8, 4) is 0 Å². The van der Waals surface area contributed by atoms with Crippen molar-refractivity contribution in [1.82, 2.24) is 10.0 Å². The molecule has 0 spiro atoms. The van der Waals surface area contributed by atoms with Gasteiger partial charge in [0, 0.05) is 11.6 Å². The lowest BCUT2D eigenvalue weighted by molar-refractivity contribution is -0.153. The molecule has 0 saturated carbocycles. The van der Waals surface area contributed by atoms with Gasteiger partial charge in [-0.05, 0) is 24.1 Å². The van der Waals surface area contributed by atoms with Crippen molar-refractivity contribution in [1.29, 1.82) is 0 Å². The van der Waals surface area contributed by atoms with Gasteiger partial charge in [-0.15, -0.1) is 0 Å². The number of pyridine rings is 1. The number of hydrogen-bond acceptors (Lipinski definition) is 5. The number of hydrogen-bond donors (Lipinski definition) is 1. The first-order chi connectivity index (χ1) is 10.5. The fraction of sp³-hybridized carbons (Fsp3) is 0.333. The number of nitrogens with zero attached hydrogens (tertiary/aromatic N) is 2. The average Bonchev–Trinajstić information content (AvgIpc) is 2.51. The summed E-state index contributed by atoms with van der Waals surface area (Å²) in [6, 6.07) is 9.16. The Morgan fingerprint density at radius 1 is 1.36 bits per heavy atom. The molecule has 2 aromatic rings. The molecule has 2 rings (SSSR count). The summed E-state index contributed by atoms with van der Waals surface area (Å²) in [6.07, 6.45) is 2.34. The van der Waals surface area contributed by atoms with Gasteiger partial charge in [-0.1, -0.05) is 31.5 Å². The van der Waals surface area contributed by atoms with Crippen molar-refractivity contribution in [2.24, 2.45) is 0 Å². The van der Waals surface area contributed by atoms with Gasteiger partial charge in [-0.25, -0.2) is 13.5 Å². The predicted octanol–water partition coefficient (Wildman–Crippen LogP) is 2.12. The Kier molecular flexibility index (Phi) is 5.10. The average molecular weight is 322 g/mol. The highest BCUT2D eigenvalue weighted by molar-refractivity contribution is 7.91. The Bertz CT molecular complexity index is 761. The van der Waals surface area contributed by atoms with Crippen LogP contribution in [0.5, 0.6) is 0 Å². The molecule has 1 unspecified atom stereocenters. The van der Waals surface area contributed by atoms with Crippen LogP contribution in [-0.4, -0.2) is 35.5 Å². The lowest BCUT2D eigenvalue weighted by atomic mass is 10.2. The molecular weight excluding hydrogens is 304 g/mol. The molecule has 1 heterocycles. The number of aromatic nitrogens is 1. The second-order valence-electron chi connectivity index (χ2n) is 5.07. The molecular formula is C15H18N2O4S. The van der Waals surface area contributed by atoms with E-state index in [-0.39, 0.29) is 23.6 Å². The molecule has 1 atom stereocenters. The minimum Gasteiger partial charge on any atom is -0.285 e. The van der Waals surface area contributed by atoms with Gasteiger partial charge in [0.1, 0.15) is 0 Å². The lowest BCUT2D eigenvalue weighted by Gasteiger charge is -2.22. The summed E-state index contributed by atoms with van der Waals surface area (Å²) in [6.45, 7) is 1.79. The first kappa shape index (κ1) is 16.4. The number of fused-ring (bicyclic) bond motifs is 1. The maximum Gasteiger partial charge on any atom is 0.234 e. The summed E-state index contributed by atoms with van der Waals surface area (Å²) in [7, 11) is -3.71. The highest BCUT2D eigenvalue weighted by atomic mass is 32.2. The van der Waals surface area contributed by atoms with Crippen molar-refractivity contribution in [2.75, 3.05) is 0 Å². The van der Waals surface area contributed by atoms with Gasteiger partial charge < -0.3 is 0 Å². The molecule has 0 saturated heterocycles. The molecule has 6 nitrogen and oxygen atoms in total. The third-order valence-electron chi connectivity index (χ3n) is 3.37. The molecule has 22 heavy (non-hydrogen) atoms. The van der Waals surface area contributed by atoms with Crippen molar-refractivity contribution < 1.29 is 18.4 Å². The quantitative estimate of drug-likeness (QED) is 0.479. The summed E-state index contributed by atoms with van der Waals surface area (Å²) in [5.41, 5.74) is 1.31. The Labute approximate surface area is 129 Å². The number of sulfone groups is 1. The largest absolute Gasteiger partial charge is 0.285 e. The fourth-order valence-electron chi connectivity index (χ4n) is 2.32. The Hall–Kier alpha value is -1.99. The van der Waals surface area contributed by atoms with Crippen LogP contribution in [-0.2, 0) is 20.4 Å². The molecule has 0 radical (unpaired) electrons. The molecule has 7 heteroatoms. The van der Waals surface area contributed by atoms with E-state index in [0.717, 1.165) is 10.9 Å². The fourth-order valence-corrected chi connectivity index (χ4v) is 4.10. The molecule has 0 fully saturated rings. The van der Waals surface area contributed by atoms with Crippen LogP contribution in [0.25, 0.3) is 10.9 Å². The summed E-state index contributed by atoms with van der Waals surface area (Å²) < 4.78 is 24.9. The van der Waals surface area contributed by atoms with E-state index in [1.165, 1.54) is 6.20 Å². The first-order valence-corrected chi connectivity index (χ1v) is 8.67. The second kappa shape index (κ2) is 6.85. The molecule has 0 bridgehead atoms. The Morgan fingerprint density at radius 2 is 2.09 bits per heavy atom. The van der Waals surface area contributed by atoms with Crippen molar-refractivity contribution in [3.63, 3.8) is 0 Å². The van der Waals surface area contributed by atoms with Crippen LogP contribution in [0.15, 0.2) is 36.5 Å². The normalized spacial score (nSPS) is 13.0. The number of amides is 1. The third-order valence-corrected chi connectivity index (χ3v) is 5.38. The minimum absolute atomic E-state index is 0.122. The topological polar surface area (TPSA) is 87.6 Å². The van der Waals surface area contributed by atoms with Crippen molar-refractivity contribution >= 4 is 27.2 Å². The van der Waals surface area contributed by atoms with Crippen LogP contribution in [0.1, 0.15) is 25.3 Å². The second-order valence-corrected chi connectivity index (χ2v) is 7.23. The van der Waals surface area contributed by atoms with Gasteiger partial charge in [0.25, 0.3) is 0 Å². The van der Waals surface area contributed by atoms with Crippen LogP contribution in [0, 0.1) is 0 Å². The predicted molar refractivity (Wildman–Crippen MR) is 82.8 cm³/mol. The monoisotopic (exact) mass is 322 g/mol. The number of carbonyl (C=O) groups excluding carboxylic acids is 1. The zero-order valence-electron chi connectivity index (χ0n) is 12.2. The Morgan fingerprint density at radius 3 is 2.77 bits per heavy atom. The zero-order chi connectivity index (χ0) is 16.2. The molecule has 1 aromatic heterocycles. The van der Waals surface area contributed by atoms with E-state index in [9.17, 15) is 18.4 Å². The Balaban J connectivity index is 2.30. The highest BCUT2D eigenvalue weighted by Gasteiger charge is 2.30. The molecule has 0 aliphatic rings. The van der Waals surface area contributed by atoms with Crippen LogP contribution in [0.3, 0.4) is 0 Å². The van der Waals surface area contributed by atoms with Gasteiger partial charge in [0.05, 0.1) is 11.3 Å². The van der Waals surface area contributed by atoms with Crippen LogP contribution in [0.2, 0.25) is 0 Å². The molecule has 1 aromatic carbocycles. The minimum atomic E-state index is -3.71. The summed E-state index contributed by atoms with van der Waals surface area (Å²) >= 11 is 0. The van der Waals surface area contributed by atoms with E-state index < -0.39 is 15.2 Å². The van der Waals surface area contributed by atoms with Gasteiger partial charge in [0.15, 0.2) is 15.2 Å². The SMILES string of the molecule is CCCC(N(O)C=O)S(=O)(=O)Cc1cnc2ccccc2c1. The zero-order valence-corrected chi connectivity index (χ0v) is 13.0. The summed E-state index contributed by atoms with van der Waals surface area (Å²) in [5.74, 6) is -0.277. The van der Waals surface area contributed by atoms with Gasteiger partial charge in [-0.2, -0.15) is 0 Å². The molecule has 0 aliphatic heterocycles. The first-order valence-electron chi connectivity index (χ1n) is 6.95. The number of carbonyl (C=O) groups is 1. The van der Waals surface area contributed by atoms with E-state index in [0.29, 0.717) is 12.0 Å². The maximum atomic E-state index is 12.4. The third kappa shape index (κ3) is 3.61. The van der Waals surface area contributed by atoms with E-state index in [1.54, 1.807) is 13.0 Å². The van der Waals surface area contributed by atoms with Crippen molar-refractivity contribution in [2.45, 2.75) is 30.9 Å². The van der Waals surface area contributed by atoms with Gasteiger partial charge in [-0.3, -0.25) is 15.0 Å². The number of benzene rings is 1. The maximum absolute atomic E-state index is 12.4. The van der Waals surface area contributed by atoms with Gasteiger partial charge in [0.2, 0.25) is 6.41 Å². The van der Waals surface area contributed by atoms with E-state index in [4.69, 9.17) is 0 Å². The lowest BCUT2D eigenvalue weighted by Crippen LogP contribution is -2.38.